The van der Waals surface area contributed by atoms with Gasteiger partial charge in [0.25, 0.3) is 5.91 Å². The normalized spacial score (nSPS) is 10.8. The fourth-order valence-electron chi connectivity index (χ4n) is 2.78. The molecule has 4 aromatic rings. The Hall–Kier alpha value is -2.97. The molecule has 0 spiro atoms. The van der Waals surface area contributed by atoms with Gasteiger partial charge in [0.2, 0.25) is 0 Å². The van der Waals surface area contributed by atoms with Crippen molar-refractivity contribution in [3.8, 4) is 0 Å². The molecule has 0 aliphatic rings. The van der Waals surface area contributed by atoms with Crippen LogP contribution < -0.4 is 5.32 Å². The molecule has 0 saturated carbocycles. The van der Waals surface area contributed by atoms with Gasteiger partial charge in [-0.05, 0) is 23.3 Å². The second-order valence-electron chi connectivity index (χ2n) is 6.36. The maximum Gasteiger partial charge on any atom is 0.252 e. The van der Waals surface area contributed by atoms with E-state index >= 15 is 0 Å². The average Bonchev–Trinajstić information content (AvgIpc) is 3.46. The molecule has 0 aliphatic heterocycles. The largest absolute Gasteiger partial charge is 0.348 e. The second-order valence-corrected chi connectivity index (χ2v) is 8.09. The SMILES string of the molecule is O=C(NCc1ccc(Cn2cncn2)cc1)c1ccccc1SCc1cscn1. The lowest BCUT2D eigenvalue weighted by atomic mass is 10.1. The molecule has 0 fully saturated rings. The fraction of sp³-hybridized carbons (Fsp3) is 0.143. The first-order valence-electron chi connectivity index (χ1n) is 9.05. The Morgan fingerprint density at radius 1 is 1.10 bits per heavy atom. The van der Waals surface area contributed by atoms with Gasteiger partial charge < -0.3 is 5.32 Å². The van der Waals surface area contributed by atoms with Gasteiger partial charge in [0.1, 0.15) is 12.7 Å². The molecule has 146 valence electrons. The van der Waals surface area contributed by atoms with Gasteiger partial charge in [0.15, 0.2) is 0 Å². The number of carbonyl (C=O) groups excluding carboxylic acids is 1. The summed E-state index contributed by atoms with van der Waals surface area (Å²) in [6, 6.07) is 15.8. The van der Waals surface area contributed by atoms with Crippen molar-refractivity contribution < 1.29 is 4.79 Å². The molecule has 1 N–H and O–H groups in total. The number of rotatable bonds is 8. The van der Waals surface area contributed by atoms with Crippen LogP contribution in [-0.4, -0.2) is 25.7 Å². The van der Waals surface area contributed by atoms with Crippen LogP contribution in [0.4, 0.5) is 0 Å². The number of nitrogens with zero attached hydrogens (tertiary/aromatic N) is 4. The molecular weight excluding hydrogens is 402 g/mol. The van der Waals surface area contributed by atoms with E-state index in [1.54, 1.807) is 34.1 Å². The smallest absolute Gasteiger partial charge is 0.252 e. The molecule has 2 heterocycles. The standard InChI is InChI=1S/C21H19N5OS2/c27-21(19-3-1-2-4-20(19)29-12-18-11-28-15-24-18)23-9-16-5-7-17(8-6-16)10-26-14-22-13-25-26/h1-8,11,13-15H,9-10,12H2,(H,23,27). The Bertz CT molecular complexity index is 1050. The number of hydrogen-bond donors (Lipinski definition) is 1. The van der Waals surface area contributed by atoms with Crippen LogP contribution >= 0.6 is 23.1 Å². The Morgan fingerprint density at radius 3 is 2.69 bits per heavy atom. The summed E-state index contributed by atoms with van der Waals surface area (Å²) in [5.74, 6) is 0.680. The summed E-state index contributed by atoms with van der Waals surface area (Å²) in [7, 11) is 0. The first-order chi connectivity index (χ1) is 14.3. The minimum Gasteiger partial charge on any atom is -0.348 e. The molecule has 0 bridgehead atoms. The summed E-state index contributed by atoms with van der Waals surface area (Å²) in [4.78, 5) is 21.9. The molecule has 2 aromatic carbocycles. The predicted molar refractivity (Wildman–Crippen MR) is 115 cm³/mol. The predicted octanol–water partition coefficient (Wildman–Crippen LogP) is 4.01. The number of benzene rings is 2. The molecule has 0 atom stereocenters. The molecule has 29 heavy (non-hydrogen) atoms. The van der Waals surface area contributed by atoms with E-state index in [9.17, 15) is 4.79 Å². The summed E-state index contributed by atoms with van der Waals surface area (Å²) in [6.45, 7) is 1.16. The summed E-state index contributed by atoms with van der Waals surface area (Å²) in [6.07, 6.45) is 3.22. The Labute approximate surface area is 177 Å². The second kappa shape index (κ2) is 9.49. The minimum absolute atomic E-state index is 0.0712. The van der Waals surface area contributed by atoms with Crippen molar-refractivity contribution in [1.29, 1.82) is 0 Å². The van der Waals surface area contributed by atoms with Crippen LogP contribution in [0, 0.1) is 0 Å². The van der Waals surface area contributed by atoms with Crippen LogP contribution in [0.5, 0.6) is 0 Å². The first-order valence-corrected chi connectivity index (χ1v) is 11.0. The highest BCUT2D eigenvalue weighted by atomic mass is 32.2. The molecule has 8 heteroatoms. The average molecular weight is 422 g/mol. The molecule has 0 unspecified atom stereocenters. The van der Waals surface area contributed by atoms with Crippen LogP contribution in [0.1, 0.15) is 27.2 Å². The number of amides is 1. The highest BCUT2D eigenvalue weighted by Crippen LogP contribution is 2.26. The number of thiazole rings is 1. The quantitative estimate of drug-likeness (QED) is 0.435. The van der Waals surface area contributed by atoms with Crippen LogP contribution in [0.15, 0.2) is 77.0 Å². The number of hydrogen-bond acceptors (Lipinski definition) is 6. The van der Waals surface area contributed by atoms with E-state index in [1.807, 2.05) is 59.4 Å². The maximum absolute atomic E-state index is 12.7. The third-order valence-corrected chi connectivity index (χ3v) is 6.02. The molecule has 0 aliphatic carbocycles. The molecule has 0 saturated heterocycles. The van der Waals surface area contributed by atoms with E-state index in [0.29, 0.717) is 18.7 Å². The fourth-order valence-corrected chi connectivity index (χ4v) is 4.40. The molecule has 6 nitrogen and oxygen atoms in total. The number of aromatic nitrogens is 4. The zero-order chi connectivity index (χ0) is 19.9. The monoisotopic (exact) mass is 421 g/mol. The van der Waals surface area contributed by atoms with Gasteiger partial charge in [-0.1, -0.05) is 36.4 Å². The molecule has 2 aromatic heterocycles. The third kappa shape index (κ3) is 5.30. The maximum atomic E-state index is 12.7. The van der Waals surface area contributed by atoms with Crippen molar-refractivity contribution in [3.63, 3.8) is 0 Å². The van der Waals surface area contributed by atoms with Crippen LogP contribution in [0.3, 0.4) is 0 Å². The highest BCUT2D eigenvalue weighted by molar-refractivity contribution is 7.98. The van der Waals surface area contributed by atoms with Crippen molar-refractivity contribution in [2.24, 2.45) is 0 Å². The van der Waals surface area contributed by atoms with Gasteiger partial charge in [-0.15, -0.1) is 23.1 Å². The van der Waals surface area contributed by atoms with Crippen molar-refractivity contribution >= 4 is 29.0 Å². The van der Waals surface area contributed by atoms with Gasteiger partial charge in [-0.25, -0.2) is 14.6 Å². The van der Waals surface area contributed by atoms with Crippen molar-refractivity contribution in [1.82, 2.24) is 25.1 Å². The number of thioether (sulfide) groups is 1. The van der Waals surface area contributed by atoms with E-state index < -0.39 is 0 Å². The molecule has 0 radical (unpaired) electrons. The third-order valence-electron chi connectivity index (χ3n) is 4.28. The Balaban J connectivity index is 1.34. The van der Waals surface area contributed by atoms with Gasteiger partial charge in [0, 0.05) is 22.6 Å². The summed E-state index contributed by atoms with van der Waals surface area (Å²) >= 11 is 3.21. The highest BCUT2D eigenvalue weighted by Gasteiger charge is 2.11. The van der Waals surface area contributed by atoms with Gasteiger partial charge >= 0.3 is 0 Å². The van der Waals surface area contributed by atoms with Crippen LogP contribution in [0.25, 0.3) is 0 Å². The minimum atomic E-state index is -0.0712. The van der Waals surface area contributed by atoms with Gasteiger partial charge in [-0.3, -0.25) is 4.79 Å². The lowest BCUT2D eigenvalue weighted by Crippen LogP contribution is -2.23. The summed E-state index contributed by atoms with van der Waals surface area (Å²) < 4.78 is 1.77. The van der Waals surface area contributed by atoms with Crippen molar-refractivity contribution in [2.45, 2.75) is 23.7 Å². The Morgan fingerprint density at radius 2 is 1.93 bits per heavy atom. The molecule has 4 rings (SSSR count). The molecular formula is C21H19N5OS2. The van der Waals surface area contributed by atoms with E-state index in [4.69, 9.17) is 0 Å². The van der Waals surface area contributed by atoms with E-state index in [0.717, 1.165) is 27.5 Å². The first kappa shape index (κ1) is 19.4. The lowest BCUT2D eigenvalue weighted by Gasteiger charge is -2.10. The lowest BCUT2D eigenvalue weighted by molar-refractivity contribution is 0.0948. The summed E-state index contributed by atoms with van der Waals surface area (Å²) in [5.41, 5.74) is 5.73. The van der Waals surface area contributed by atoms with Gasteiger partial charge in [-0.2, -0.15) is 5.10 Å². The van der Waals surface area contributed by atoms with E-state index in [2.05, 4.69) is 20.4 Å². The van der Waals surface area contributed by atoms with E-state index in [-0.39, 0.29) is 5.91 Å². The number of carbonyl (C=O) groups is 1. The topological polar surface area (TPSA) is 72.7 Å². The van der Waals surface area contributed by atoms with Crippen LogP contribution in [-0.2, 0) is 18.8 Å². The van der Waals surface area contributed by atoms with Crippen molar-refractivity contribution in [3.05, 3.63) is 94.5 Å². The zero-order valence-corrected chi connectivity index (χ0v) is 17.2. The van der Waals surface area contributed by atoms with E-state index in [1.165, 1.54) is 6.33 Å². The molecule has 1 amide bonds. The Kier molecular flexibility index (Phi) is 6.33. The zero-order valence-electron chi connectivity index (χ0n) is 15.6. The van der Waals surface area contributed by atoms with Gasteiger partial charge in [0.05, 0.1) is 23.3 Å². The van der Waals surface area contributed by atoms with Crippen molar-refractivity contribution in [2.75, 3.05) is 0 Å². The summed E-state index contributed by atoms with van der Waals surface area (Å²) in [5, 5.41) is 9.16. The van der Waals surface area contributed by atoms with Crippen LogP contribution in [0.2, 0.25) is 0 Å². The number of nitrogens with one attached hydrogen (secondary N) is 1.